The average Bonchev–Trinajstić information content (AvgIpc) is 3.40. The standard InChI is InChI=1S/C27H34N4O5S2.Na/c1-4-6-22-23(12-11-21(18(3)32)26(22)35)36-13-5-14-37-20-9-7-19(8-10-20)27(17(2)15-25(33)34)38-16-24-28-30-31-29-24;/h7-12,17,27,35H,4-6,13-16H2,1-3H3,(H,33,34)(H,28,29,30,31);/q;+1/p-1. The predicted octanol–water partition coefficient (Wildman–Crippen LogP) is 1.38. The predicted molar refractivity (Wildman–Crippen MR) is 146 cm³/mol. The normalized spacial score (nSPS) is 12.4. The number of phenols is 1. The van der Waals surface area contributed by atoms with Crippen molar-refractivity contribution in [3.63, 3.8) is 0 Å². The minimum absolute atomic E-state index is 0. The number of aliphatic carboxylic acids is 1. The Hall–Kier alpha value is -2.05. The van der Waals surface area contributed by atoms with Crippen molar-refractivity contribution in [1.82, 2.24) is 20.6 Å². The molecular weight excluding hydrogens is 547 g/mol. The Kier molecular flexibility index (Phi) is 14.4. The number of tetrazole rings is 1. The molecule has 0 saturated carbocycles. The largest absolute Gasteiger partial charge is 1.00 e. The van der Waals surface area contributed by atoms with Crippen molar-refractivity contribution in [1.29, 1.82) is 0 Å². The minimum Gasteiger partial charge on any atom is -0.550 e. The Morgan fingerprint density at radius 1 is 1.18 bits per heavy atom. The van der Waals surface area contributed by atoms with Gasteiger partial charge in [-0.05, 0) is 72.4 Å². The first-order valence-corrected chi connectivity index (χ1v) is 14.6. The molecule has 204 valence electrons. The zero-order valence-electron chi connectivity index (χ0n) is 22.8. The number of Topliss-reactive ketones (excluding diaryl/α,β-unsaturated/α-hetero) is 1. The molecule has 2 unspecified atom stereocenters. The minimum atomic E-state index is -1.06. The second kappa shape index (κ2) is 16.9. The van der Waals surface area contributed by atoms with E-state index in [1.54, 1.807) is 35.7 Å². The van der Waals surface area contributed by atoms with E-state index in [1.807, 2.05) is 38.1 Å². The number of carbonyl (C=O) groups is 2. The van der Waals surface area contributed by atoms with Crippen LogP contribution in [0.5, 0.6) is 11.5 Å². The molecule has 3 rings (SSSR count). The first-order chi connectivity index (χ1) is 18.3. The van der Waals surface area contributed by atoms with E-state index in [0.717, 1.165) is 29.1 Å². The van der Waals surface area contributed by atoms with Gasteiger partial charge in [0.1, 0.15) is 11.5 Å². The third kappa shape index (κ3) is 10.1. The van der Waals surface area contributed by atoms with Gasteiger partial charge in [-0.15, -0.1) is 28.6 Å². The smallest absolute Gasteiger partial charge is 0.550 e. The van der Waals surface area contributed by atoms with Gasteiger partial charge in [-0.2, -0.15) is 0 Å². The van der Waals surface area contributed by atoms with Crippen LogP contribution in [0.3, 0.4) is 0 Å². The fourth-order valence-electron chi connectivity index (χ4n) is 4.08. The van der Waals surface area contributed by atoms with E-state index in [2.05, 4.69) is 20.6 Å². The van der Waals surface area contributed by atoms with Crippen LogP contribution in [0.15, 0.2) is 41.3 Å². The van der Waals surface area contributed by atoms with Crippen LogP contribution in [0.4, 0.5) is 0 Å². The van der Waals surface area contributed by atoms with E-state index in [1.165, 1.54) is 6.92 Å². The topological polar surface area (TPSA) is 141 Å². The number of benzene rings is 2. The van der Waals surface area contributed by atoms with Crippen LogP contribution >= 0.6 is 23.5 Å². The molecule has 9 nitrogen and oxygen atoms in total. The number of ketones is 1. The number of aromatic amines is 1. The van der Waals surface area contributed by atoms with Crippen LogP contribution < -0.4 is 39.4 Å². The first-order valence-electron chi connectivity index (χ1n) is 12.6. The second-order valence-corrected chi connectivity index (χ2v) is 11.3. The van der Waals surface area contributed by atoms with E-state index >= 15 is 0 Å². The van der Waals surface area contributed by atoms with Gasteiger partial charge >= 0.3 is 29.6 Å². The number of aromatic nitrogens is 4. The summed E-state index contributed by atoms with van der Waals surface area (Å²) in [6.07, 6.45) is 2.25. The number of nitrogens with one attached hydrogen (secondary N) is 1. The van der Waals surface area contributed by atoms with E-state index in [9.17, 15) is 19.8 Å². The summed E-state index contributed by atoms with van der Waals surface area (Å²) in [5.74, 6) is 1.32. The van der Waals surface area contributed by atoms with Gasteiger partial charge in [-0.1, -0.05) is 32.4 Å². The van der Waals surface area contributed by atoms with Crippen molar-refractivity contribution in [3.8, 4) is 11.5 Å². The van der Waals surface area contributed by atoms with Crippen molar-refractivity contribution in [2.24, 2.45) is 5.92 Å². The first kappa shape index (κ1) is 33.2. The van der Waals surface area contributed by atoms with Crippen LogP contribution in [0, 0.1) is 5.92 Å². The Morgan fingerprint density at radius 2 is 1.92 bits per heavy atom. The molecule has 0 radical (unpaired) electrons. The van der Waals surface area contributed by atoms with Crippen molar-refractivity contribution < 1.29 is 54.1 Å². The second-order valence-electron chi connectivity index (χ2n) is 9.00. The van der Waals surface area contributed by atoms with Crippen LogP contribution in [0.1, 0.15) is 72.6 Å². The molecule has 0 aliphatic carbocycles. The molecule has 1 aromatic heterocycles. The van der Waals surface area contributed by atoms with E-state index in [-0.39, 0.29) is 58.7 Å². The number of carbonyl (C=O) groups excluding carboxylic acids is 2. The van der Waals surface area contributed by atoms with Crippen molar-refractivity contribution >= 4 is 35.3 Å². The summed E-state index contributed by atoms with van der Waals surface area (Å²) < 4.78 is 5.95. The number of hydrogen-bond donors (Lipinski definition) is 2. The molecule has 0 fully saturated rings. The number of hydrogen-bond acceptors (Lipinski definition) is 10. The van der Waals surface area contributed by atoms with Crippen LogP contribution in [-0.2, 0) is 17.0 Å². The maximum Gasteiger partial charge on any atom is 1.00 e. The molecule has 0 aliphatic rings. The van der Waals surface area contributed by atoms with Gasteiger partial charge in [0.2, 0.25) is 0 Å². The van der Waals surface area contributed by atoms with Gasteiger partial charge in [0.15, 0.2) is 11.6 Å². The molecule has 3 aromatic rings. The molecule has 0 saturated heterocycles. The summed E-state index contributed by atoms with van der Waals surface area (Å²) >= 11 is 3.31. The van der Waals surface area contributed by atoms with Crippen molar-refractivity contribution in [3.05, 3.63) is 58.9 Å². The summed E-state index contributed by atoms with van der Waals surface area (Å²) in [6.45, 7) is 5.87. The summed E-state index contributed by atoms with van der Waals surface area (Å²) in [4.78, 5) is 24.1. The van der Waals surface area contributed by atoms with Gasteiger partial charge in [0.25, 0.3) is 0 Å². The number of carboxylic acid groups (broad SMARTS) is 1. The third-order valence-corrected chi connectivity index (χ3v) is 8.57. The average molecular weight is 581 g/mol. The molecular formula is C27H33N4NaO5S2. The molecule has 2 N–H and O–H groups in total. The van der Waals surface area contributed by atoms with Gasteiger partial charge in [-0.3, -0.25) is 4.79 Å². The van der Waals surface area contributed by atoms with Crippen molar-refractivity contribution in [2.45, 2.75) is 62.4 Å². The summed E-state index contributed by atoms with van der Waals surface area (Å²) in [6, 6.07) is 11.6. The molecule has 0 bridgehead atoms. The van der Waals surface area contributed by atoms with Crippen LogP contribution in [0.2, 0.25) is 0 Å². The summed E-state index contributed by atoms with van der Waals surface area (Å²) in [5.41, 5.74) is 2.05. The number of aromatic hydroxyl groups is 1. The molecule has 39 heavy (non-hydrogen) atoms. The molecule has 1 heterocycles. The molecule has 0 aliphatic heterocycles. The number of ether oxygens (including phenoxy) is 1. The molecule has 2 aromatic carbocycles. The van der Waals surface area contributed by atoms with Gasteiger partial charge < -0.3 is 19.7 Å². The molecule has 0 spiro atoms. The number of H-pyrrole nitrogens is 1. The summed E-state index contributed by atoms with van der Waals surface area (Å²) in [5, 5.41) is 35.5. The van der Waals surface area contributed by atoms with E-state index < -0.39 is 5.97 Å². The number of phenolic OH excluding ortho intramolecular Hbond substituents is 1. The monoisotopic (exact) mass is 580 g/mol. The third-order valence-electron chi connectivity index (χ3n) is 5.94. The number of nitrogens with zero attached hydrogens (tertiary/aromatic N) is 3. The number of carboxylic acids is 1. The zero-order valence-corrected chi connectivity index (χ0v) is 26.4. The maximum atomic E-state index is 11.7. The van der Waals surface area contributed by atoms with Crippen molar-refractivity contribution in [2.75, 3.05) is 12.4 Å². The maximum absolute atomic E-state index is 11.7. The SMILES string of the molecule is CCCc1c(OCCCSc2ccc(C(SCc3nnn[nH]3)C(C)CC(=O)[O-])cc2)ccc(C(C)=O)c1O.[Na+]. The molecule has 12 heteroatoms. The fraction of sp³-hybridized carbons (Fsp3) is 0.444. The van der Waals surface area contributed by atoms with Crippen LogP contribution in [0.25, 0.3) is 0 Å². The fourth-order valence-corrected chi connectivity index (χ4v) is 6.14. The Morgan fingerprint density at radius 3 is 2.54 bits per heavy atom. The molecule has 0 amide bonds. The number of rotatable bonds is 16. The van der Waals surface area contributed by atoms with Crippen LogP contribution in [-0.4, -0.2) is 49.8 Å². The van der Waals surface area contributed by atoms with Gasteiger partial charge in [0, 0.05) is 27.4 Å². The molecule has 2 atom stereocenters. The number of thioether (sulfide) groups is 2. The zero-order chi connectivity index (χ0) is 27.5. The Bertz CT molecular complexity index is 1200. The van der Waals surface area contributed by atoms with E-state index in [0.29, 0.717) is 41.5 Å². The van der Waals surface area contributed by atoms with E-state index in [4.69, 9.17) is 4.74 Å². The summed E-state index contributed by atoms with van der Waals surface area (Å²) in [7, 11) is 0. The van der Waals surface area contributed by atoms with Gasteiger partial charge in [-0.25, -0.2) is 5.10 Å². The Labute approximate surface area is 259 Å². The van der Waals surface area contributed by atoms with Gasteiger partial charge in [0.05, 0.1) is 17.9 Å². The Balaban J connectivity index is 0.00000533. The quantitative estimate of drug-likeness (QED) is 0.110.